The average molecular weight is 164 g/mol. The summed E-state index contributed by atoms with van der Waals surface area (Å²) in [6.45, 7) is 12.5. The third-order valence-corrected chi connectivity index (χ3v) is 1.70. The van der Waals surface area contributed by atoms with E-state index in [0.717, 1.165) is 6.42 Å². The molecule has 0 saturated heterocycles. The second-order valence-corrected chi connectivity index (χ2v) is 3.92. The summed E-state index contributed by atoms with van der Waals surface area (Å²) in [7, 11) is 0. The quantitative estimate of drug-likeness (QED) is 0.551. The fourth-order valence-corrected chi connectivity index (χ4v) is 0.927. The molecule has 0 rings (SSSR count). The molecule has 0 atom stereocenters. The molecule has 68 valence electrons. The lowest BCUT2D eigenvalue weighted by molar-refractivity contribution is 0.517. The Morgan fingerprint density at radius 3 is 2.25 bits per heavy atom. The summed E-state index contributed by atoms with van der Waals surface area (Å²) < 4.78 is 0. The molecule has 0 amide bonds. The zero-order valence-corrected chi connectivity index (χ0v) is 8.72. The molecule has 0 heteroatoms. The van der Waals surface area contributed by atoms with Gasteiger partial charge < -0.3 is 0 Å². The Morgan fingerprint density at radius 1 is 1.33 bits per heavy atom. The lowest BCUT2D eigenvalue weighted by Crippen LogP contribution is -2.07. The SMILES string of the molecule is C=C/C=C(\C=C/CC)C(C)(C)C. The van der Waals surface area contributed by atoms with Gasteiger partial charge in [-0.25, -0.2) is 0 Å². The van der Waals surface area contributed by atoms with E-state index >= 15 is 0 Å². The predicted octanol–water partition coefficient (Wildman–Crippen LogP) is 4.11. The van der Waals surface area contributed by atoms with Gasteiger partial charge in [-0.15, -0.1) is 0 Å². The van der Waals surface area contributed by atoms with Gasteiger partial charge in [-0.1, -0.05) is 58.6 Å². The van der Waals surface area contributed by atoms with Gasteiger partial charge in [0.05, 0.1) is 0 Å². The summed E-state index contributed by atoms with van der Waals surface area (Å²) >= 11 is 0. The first-order chi connectivity index (χ1) is 5.52. The standard InChI is InChI=1S/C12H20/c1-6-8-10-11(9-7-2)12(3,4)5/h7-10H,2,6H2,1,3-5H3/b10-8-,11-9+. The second kappa shape index (κ2) is 4.97. The van der Waals surface area contributed by atoms with Gasteiger partial charge in [0.25, 0.3) is 0 Å². The van der Waals surface area contributed by atoms with Crippen molar-refractivity contribution in [3.05, 3.63) is 36.5 Å². The molecule has 0 nitrogen and oxygen atoms in total. The van der Waals surface area contributed by atoms with E-state index in [1.807, 2.05) is 6.08 Å². The number of hydrogen-bond donors (Lipinski definition) is 0. The minimum Gasteiger partial charge on any atom is -0.0991 e. The highest BCUT2D eigenvalue weighted by molar-refractivity contribution is 5.27. The molecular weight excluding hydrogens is 144 g/mol. The predicted molar refractivity (Wildman–Crippen MR) is 57.2 cm³/mol. The third kappa shape index (κ3) is 4.17. The van der Waals surface area contributed by atoms with Crippen LogP contribution in [0.2, 0.25) is 0 Å². The summed E-state index contributed by atoms with van der Waals surface area (Å²) in [6, 6.07) is 0. The van der Waals surface area contributed by atoms with E-state index < -0.39 is 0 Å². The Labute approximate surface area is 76.7 Å². The lowest BCUT2D eigenvalue weighted by Gasteiger charge is -2.19. The van der Waals surface area contributed by atoms with Crippen LogP contribution in [0.25, 0.3) is 0 Å². The molecule has 0 spiro atoms. The first-order valence-corrected chi connectivity index (χ1v) is 4.52. The van der Waals surface area contributed by atoms with Crippen molar-refractivity contribution < 1.29 is 0 Å². The molecule has 0 aliphatic rings. The van der Waals surface area contributed by atoms with Crippen LogP contribution in [0.5, 0.6) is 0 Å². The van der Waals surface area contributed by atoms with Gasteiger partial charge in [-0.3, -0.25) is 0 Å². The number of hydrogen-bond acceptors (Lipinski definition) is 0. The van der Waals surface area contributed by atoms with Crippen LogP contribution in [-0.4, -0.2) is 0 Å². The average Bonchev–Trinajstić information content (AvgIpc) is 1.95. The summed E-state index contributed by atoms with van der Waals surface area (Å²) in [4.78, 5) is 0. The topological polar surface area (TPSA) is 0 Å². The van der Waals surface area contributed by atoms with Gasteiger partial charge in [0.2, 0.25) is 0 Å². The fourth-order valence-electron chi connectivity index (χ4n) is 0.927. The second-order valence-electron chi connectivity index (χ2n) is 3.92. The van der Waals surface area contributed by atoms with Crippen LogP contribution in [0.3, 0.4) is 0 Å². The highest BCUT2D eigenvalue weighted by atomic mass is 14.2. The molecule has 0 radical (unpaired) electrons. The highest BCUT2D eigenvalue weighted by Crippen LogP contribution is 2.26. The zero-order chi connectivity index (χ0) is 9.61. The molecule has 0 N–H and O–H groups in total. The van der Waals surface area contributed by atoms with Gasteiger partial charge in [0.15, 0.2) is 0 Å². The zero-order valence-electron chi connectivity index (χ0n) is 8.72. The molecule has 0 heterocycles. The van der Waals surface area contributed by atoms with E-state index in [4.69, 9.17) is 0 Å². The Hall–Kier alpha value is -0.780. The molecule has 0 unspecified atom stereocenters. The maximum Gasteiger partial charge on any atom is -0.0132 e. The maximum absolute atomic E-state index is 3.71. The van der Waals surface area contributed by atoms with E-state index in [2.05, 4.69) is 52.5 Å². The van der Waals surface area contributed by atoms with Crippen LogP contribution >= 0.6 is 0 Å². The van der Waals surface area contributed by atoms with Crippen LogP contribution in [0.1, 0.15) is 34.1 Å². The summed E-state index contributed by atoms with van der Waals surface area (Å²) in [5, 5.41) is 0. The van der Waals surface area contributed by atoms with Crippen LogP contribution in [0.4, 0.5) is 0 Å². The fraction of sp³-hybridized carbons (Fsp3) is 0.500. The van der Waals surface area contributed by atoms with Gasteiger partial charge in [-0.2, -0.15) is 0 Å². The van der Waals surface area contributed by atoms with Gasteiger partial charge >= 0.3 is 0 Å². The Morgan fingerprint density at radius 2 is 1.92 bits per heavy atom. The van der Waals surface area contributed by atoms with Crippen molar-refractivity contribution in [1.29, 1.82) is 0 Å². The Balaban J connectivity index is 4.57. The van der Waals surface area contributed by atoms with Crippen LogP contribution in [0.15, 0.2) is 36.5 Å². The van der Waals surface area contributed by atoms with Gasteiger partial charge in [0, 0.05) is 0 Å². The summed E-state index contributed by atoms with van der Waals surface area (Å²) in [5.41, 5.74) is 1.55. The third-order valence-electron chi connectivity index (χ3n) is 1.70. The van der Waals surface area contributed by atoms with E-state index in [1.165, 1.54) is 5.57 Å². The summed E-state index contributed by atoms with van der Waals surface area (Å²) in [5.74, 6) is 0. The van der Waals surface area contributed by atoms with Crippen molar-refractivity contribution >= 4 is 0 Å². The number of rotatable bonds is 3. The maximum atomic E-state index is 3.71. The van der Waals surface area contributed by atoms with Crippen LogP contribution < -0.4 is 0 Å². The molecule has 0 aromatic heterocycles. The Kier molecular flexibility index (Phi) is 4.65. The van der Waals surface area contributed by atoms with Crippen molar-refractivity contribution in [3.8, 4) is 0 Å². The lowest BCUT2D eigenvalue weighted by atomic mass is 9.86. The molecule has 0 aliphatic heterocycles. The van der Waals surface area contributed by atoms with Crippen molar-refractivity contribution in [2.75, 3.05) is 0 Å². The van der Waals surface area contributed by atoms with Gasteiger partial charge in [0.1, 0.15) is 0 Å². The molecule has 0 aromatic rings. The molecule has 0 aromatic carbocycles. The normalized spacial score (nSPS) is 13.8. The van der Waals surface area contributed by atoms with Crippen molar-refractivity contribution in [3.63, 3.8) is 0 Å². The van der Waals surface area contributed by atoms with E-state index in [1.54, 1.807) is 0 Å². The largest absolute Gasteiger partial charge is 0.0991 e. The molecule has 0 saturated carbocycles. The number of allylic oxidation sites excluding steroid dienone is 5. The highest BCUT2D eigenvalue weighted by Gasteiger charge is 2.12. The Bertz CT molecular complexity index is 187. The van der Waals surface area contributed by atoms with E-state index in [0.29, 0.717) is 0 Å². The first kappa shape index (κ1) is 11.2. The monoisotopic (exact) mass is 164 g/mol. The minimum absolute atomic E-state index is 0.222. The van der Waals surface area contributed by atoms with E-state index in [9.17, 15) is 0 Å². The van der Waals surface area contributed by atoms with Crippen LogP contribution in [-0.2, 0) is 0 Å². The molecular formula is C12H20. The molecule has 0 bridgehead atoms. The molecule has 12 heavy (non-hydrogen) atoms. The molecule has 0 fully saturated rings. The van der Waals surface area contributed by atoms with E-state index in [-0.39, 0.29) is 5.41 Å². The van der Waals surface area contributed by atoms with Crippen molar-refractivity contribution in [2.45, 2.75) is 34.1 Å². The van der Waals surface area contributed by atoms with Crippen LogP contribution in [0, 0.1) is 5.41 Å². The van der Waals surface area contributed by atoms with Crippen molar-refractivity contribution in [2.24, 2.45) is 5.41 Å². The van der Waals surface area contributed by atoms with Crippen molar-refractivity contribution in [1.82, 2.24) is 0 Å². The smallest absolute Gasteiger partial charge is 0.0132 e. The molecule has 0 aliphatic carbocycles. The summed E-state index contributed by atoms with van der Waals surface area (Å²) in [6.07, 6.45) is 9.37. The minimum atomic E-state index is 0.222. The first-order valence-electron chi connectivity index (χ1n) is 4.52. The van der Waals surface area contributed by atoms with Gasteiger partial charge in [-0.05, 0) is 17.4 Å².